The summed E-state index contributed by atoms with van der Waals surface area (Å²) in [6, 6.07) is 7.27. The number of unbranched alkanes of at least 4 members (excludes halogenated alkanes) is 4. The van der Waals surface area contributed by atoms with Crippen LogP contribution >= 0.6 is 12.4 Å². The molecule has 0 aliphatic carbocycles. The molecule has 3 aliphatic rings. The Bertz CT molecular complexity index is 1570. The first-order valence-corrected chi connectivity index (χ1v) is 13.2. The molecule has 2 amide bonds. The van der Waals surface area contributed by atoms with E-state index < -0.39 is 11.8 Å². The normalized spacial score (nSPS) is 17.7. The number of aromatic nitrogens is 1. The van der Waals surface area contributed by atoms with Crippen LogP contribution in [0.1, 0.15) is 62.1 Å². The van der Waals surface area contributed by atoms with Gasteiger partial charge in [0.1, 0.15) is 5.58 Å². The van der Waals surface area contributed by atoms with E-state index in [2.05, 4.69) is 22.2 Å². The van der Waals surface area contributed by atoms with Crippen molar-refractivity contribution in [2.75, 3.05) is 4.90 Å². The van der Waals surface area contributed by atoms with Crippen molar-refractivity contribution in [3.63, 3.8) is 0 Å². The van der Waals surface area contributed by atoms with E-state index in [4.69, 9.17) is 4.42 Å². The van der Waals surface area contributed by atoms with E-state index in [9.17, 15) is 14.4 Å². The molecule has 1 atom stereocenters. The summed E-state index contributed by atoms with van der Waals surface area (Å²) in [4.78, 5) is 50.4. The van der Waals surface area contributed by atoms with Crippen molar-refractivity contribution in [2.24, 2.45) is 4.99 Å². The Kier molecular flexibility index (Phi) is 7.48. The van der Waals surface area contributed by atoms with Crippen LogP contribution in [0, 0.1) is 0 Å². The summed E-state index contributed by atoms with van der Waals surface area (Å²) < 4.78 is 5.65. The zero-order chi connectivity index (χ0) is 26.2. The molecule has 9 heteroatoms. The zero-order valence-electron chi connectivity index (χ0n) is 21.6. The molecule has 1 unspecified atom stereocenters. The molecule has 0 saturated heterocycles. The van der Waals surface area contributed by atoms with Gasteiger partial charge in [-0.2, -0.15) is 0 Å². The Hall–Kier alpha value is -4.04. The van der Waals surface area contributed by atoms with E-state index in [0.717, 1.165) is 35.9 Å². The standard InChI is InChI=1S/C30H28N4O4.ClH/c1-2-3-4-5-6-10-23(35)22-15-18-8-7-9-20-26(32-12-13-34(22)27(18)20)25-24(29(36)33-30(25)37)21-17-31-16-19-11-14-38-28(19)21;/h7-9,11-14,16-17,22H,2-6,10,15H2,1H3,(H,33,36,37);1H. The molecule has 6 rings (SSSR count). The fourth-order valence-electron chi connectivity index (χ4n) is 5.69. The molecule has 0 spiro atoms. The minimum Gasteiger partial charge on any atom is -0.464 e. The van der Waals surface area contributed by atoms with Crippen LogP contribution in [0.25, 0.3) is 16.5 Å². The highest BCUT2D eigenvalue weighted by Gasteiger charge is 2.40. The van der Waals surface area contributed by atoms with Crippen LogP contribution in [0.4, 0.5) is 5.69 Å². The third-order valence-corrected chi connectivity index (χ3v) is 7.51. The van der Waals surface area contributed by atoms with Crippen LogP contribution in [-0.2, 0) is 20.8 Å². The number of fused-ring (bicyclic) bond motifs is 1. The number of amides is 2. The van der Waals surface area contributed by atoms with Crippen molar-refractivity contribution >= 4 is 57.9 Å². The monoisotopic (exact) mass is 544 g/mol. The van der Waals surface area contributed by atoms with Crippen LogP contribution < -0.4 is 10.2 Å². The number of halogens is 1. The van der Waals surface area contributed by atoms with Gasteiger partial charge < -0.3 is 9.32 Å². The zero-order valence-corrected chi connectivity index (χ0v) is 22.4. The number of ketones is 1. The highest BCUT2D eigenvalue weighted by Crippen LogP contribution is 2.41. The smallest absolute Gasteiger partial charge is 0.261 e. The summed E-state index contributed by atoms with van der Waals surface area (Å²) in [7, 11) is 0. The first-order valence-electron chi connectivity index (χ1n) is 13.2. The molecule has 1 aromatic carbocycles. The minimum absolute atomic E-state index is 0. The molecule has 0 fully saturated rings. The van der Waals surface area contributed by atoms with Crippen molar-refractivity contribution in [1.29, 1.82) is 0 Å². The first kappa shape index (κ1) is 26.6. The van der Waals surface area contributed by atoms with Crippen LogP contribution in [0.5, 0.6) is 0 Å². The lowest BCUT2D eigenvalue weighted by Crippen LogP contribution is -2.35. The van der Waals surface area contributed by atoms with Gasteiger partial charge in [0.15, 0.2) is 5.78 Å². The Morgan fingerprint density at radius 2 is 1.87 bits per heavy atom. The molecule has 200 valence electrons. The number of carbonyl (C=O) groups excluding carboxylic acids is 3. The third kappa shape index (κ3) is 4.59. The van der Waals surface area contributed by atoms with E-state index in [-0.39, 0.29) is 35.4 Å². The van der Waals surface area contributed by atoms with Gasteiger partial charge in [-0.25, -0.2) is 0 Å². The lowest BCUT2D eigenvalue weighted by molar-refractivity contribution is -0.123. The first-order chi connectivity index (χ1) is 18.6. The molecule has 8 nitrogen and oxygen atoms in total. The quantitative estimate of drug-likeness (QED) is 0.290. The number of carbonyl (C=O) groups is 3. The Morgan fingerprint density at radius 1 is 1.05 bits per heavy atom. The Labute approximate surface area is 232 Å². The molecule has 3 aromatic rings. The fourth-order valence-corrected chi connectivity index (χ4v) is 5.69. The number of nitrogens with one attached hydrogen (secondary N) is 1. The van der Waals surface area contributed by atoms with E-state index in [1.807, 2.05) is 29.3 Å². The summed E-state index contributed by atoms with van der Waals surface area (Å²) >= 11 is 0. The number of hydrogen-bond donors (Lipinski definition) is 1. The molecule has 1 N–H and O–H groups in total. The SMILES string of the molecule is CCCCCCCC(=O)C1Cc2cccc3c2N1C=CN=C3C1=C(c2cncc3ccoc23)C(=O)NC1=O.Cl. The number of nitrogens with zero attached hydrogens (tertiary/aromatic N) is 3. The van der Waals surface area contributed by atoms with Crippen LogP contribution in [0.2, 0.25) is 0 Å². The number of hydrogen-bond acceptors (Lipinski definition) is 7. The molecular weight excluding hydrogens is 516 g/mol. The number of aliphatic imine (C=N–C) groups is 1. The molecular formula is C30H29ClN4O4. The van der Waals surface area contributed by atoms with Crippen molar-refractivity contribution < 1.29 is 18.8 Å². The van der Waals surface area contributed by atoms with E-state index in [0.29, 0.717) is 35.3 Å². The average Bonchev–Trinajstić information content (AvgIpc) is 3.58. The van der Waals surface area contributed by atoms with Crippen LogP contribution in [-0.4, -0.2) is 34.3 Å². The van der Waals surface area contributed by atoms with E-state index in [1.54, 1.807) is 18.5 Å². The summed E-state index contributed by atoms with van der Waals surface area (Å²) in [5.74, 6) is -0.835. The molecule has 39 heavy (non-hydrogen) atoms. The lowest BCUT2D eigenvalue weighted by atomic mass is 9.93. The van der Waals surface area contributed by atoms with Gasteiger partial charge in [-0.3, -0.25) is 29.7 Å². The maximum absolute atomic E-state index is 13.3. The number of anilines is 1. The third-order valence-electron chi connectivity index (χ3n) is 7.51. The van der Waals surface area contributed by atoms with Gasteiger partial charge in [0.05, 0.1) is 34.9 Å². The number of pyridine rings is 1. The molecule has 0 radical (unpaired) electrons. The second-order valence-electron chi connectivity index (χ2n) is 9.91. The van der Waals surface area contributed by atoms with Crippen molar-refractivity contribution in [3.8, 4) is 0 Å². The second kappa shape index (κ2) is 11.0. The maximum Gasteiger partial charge on any atom is 0.261 e. The number of rotatable bonds is 9. The van der Waals surface area contributed by atoms with Gasteiger partial charge in [-0.15, -0.1) is 12.4 Å². The highest BCUT2D eigenvalue weighted by atomic mass is 35.5. The number of furan rings is 1. The molecule has 2 aromatic heterocycles. The summed E-state index contributed by atoms with van der Waals surface area (Å²) in [6.45, 7) is 2.18. The Morgan fingerprint density at radius 3 is 2.72 bits per heavy atom. The summed E-state index contributed by atoms with van der Waals surface area (Å²) in [6.07, 6.45) is 14.7. The van der Waals surface area contributed by atoms with Gasteiger partial charge in [-0.1, -0.05) is 50.8 Å². The predicted octanol–water partition coefficient (Wildman–Crippen LogP) is 5.29. The second-order valence-corrected chi connectivity index (χ2v) is 9.91. The van der Waals surface area contributed by atoms with Crippen molar-refractivity contribution in [3.05, 3.63) is 77.6 Å². The van der Waals surface area contributed by atoms with Crippen LogP contribution in [0.15, 0.2) is 70.3 Å². The van der Waals surface area contributed by atoms with Gasteiger partial charge >= 0.3 is 0 Å². The average molecular weight is 545 g/mol. The molecule has 0 saturated carbocycles. The summed E-state index contributed by atoms with van der Waals surface area (Å²) in [5, 5.41) is 3.16. The number of imide groups is 1. The van der Waals surface area contributed by atoms with Gasteiger partial charge in [0.2, 0.25) is 0 Å². The fraction of sp³-hybridized carbons (Fsp3) is 0.300. The molecule has 0 bridgehead atoms. The van der Waals surface area contributed by atoms with E-state index in [1.165, 1.54) is 25.3 Å². The topological polar surface area (TPSA) is 105 Å². The van der Waals surface area contributed by atoms with Gasteiger partial charge in [0.25, 0.3) is 11.8 Å². The van der Waals surface area contributed by atoms with Gasteiger partial charge in [-0.05, 0) is 18.1 Å². The van der Waals surface area contributed by atoms with E-state index >= 15 is 0 Å². The van der Waals surface area contributed by atoms with Gasteiger partial charge in [0, 0.05) is 54.1 Å². The Balaban J connectivity index is 0.00000308. The van der Waals surface area contributed by atoms with Crippen LogP contribution in [0.3, 0.4) is 0 Å². The highest BCUT2D eigenvalue weighted by molar-refractivity contribution is 6.48. The number of Topliss-reactive ketones (excluding diaryl/α,β-unsaturated/α-hetero) is 1. The molecule has 3 aliphatic heterocycles. The summed E-state index contributed by atoms with van der Waals surface area (Å²) in [5.41, 5.74) is 4.24. The number of benzene rings is 1. The largest absolute Gasteiger partial charge is 0.464 e. The maximum atomic E-state index is 13.3. The predicted molar refractivity (Wildman–Crippen MR) is 152 cm³/mol. The minimum atomic E-state index is -0.524. The van der Waals surface area contributed by atoms with Crippen molar-refractivity contribution in [1.82, 2.24) is 10.3 Å². The van der Waals surface area contributed by atoms with Crippen molar-refractivity contribution in [2.45, 2.75) is 57.9 Å². The molecule has 5 heterocycles. The lowest BCUT2D eigenvalue weighted by Gasteiger charge is -2.23. The number of para-hydroxylation sites is 1.